The molecule has 1 fully saturated rings. The van der Waals surface area contributed by atoms with Crippen LogP contribution in [-0.4, -0.2) is 47.8 Å². The number of nitrogens with zero attached hydrogens (tertiary/aromatic N) is 2. The van der Waals surface area contributed by atoms with E-state index in [1.807, 2.05) is 0 Å². The Morgan fingerprint density at radius 2 is 2.19 bits per heavy atom. The van der Waals surface area contributed by atoms with Crippen LogP contribution in [0.1, 0.15) is 15.9 Å². The third-order valence-electron chi connectivity index (χ3n) is 3.31. The average Bonchev–Trinajstić information content (AvgIpc) is 2.94. The Morgan fingerprint density at radius 3 is 2.76 bits per heavy atom. The van der Waals surface area contributed by atoms with Crippen LogP contribution in [0.2, 0.25) is 0 Å². The van der Waals surface area contributed by atoms with Gasteiger partial charge in [-0.3, -0.25) is 14.9 Å². The predicted octanol–water partition coefficient (Wildman–Crippen LogP) is 2.03. The van der Waals surface area contributed by atoms with Crippen molar-refractivity contribution in [1.82, 2.24) is 4.90 Å². The Balaban J connectivity index is 2.46. The molecule has 0 bridgehead atoms. The number of nitro groups is 1. The lowest BCUT2D eigenvalue weighted by Crippen LogP contribution is -2.38. The number of amides is 1. The van der Waals surface area contributed by atoms with E-state index >= 15 is 0 Å². The van der Waals surface area contributed by atoms with E-state index in [1.165, 1.54) is 31.3 Å². The average molecular weight is 312 g/mol. The van der Waals surface area contributed by atoms with Gasteiger partial charge in [-0.15, -0.1) is 11.8 Å². The normalized spacial score (nSPS) is 17.9. The molecule has 0 aliphatic carbocycles. The van der Waals surface area contributed by atoms with Crippen LogP contribution in [0, 0.1) is 17.0 Å². The summed E-state index contributed by atoms with van der Waals surface area (Å²) < 4.78 is 10.4. The zero-order chi connectivity index (χ0) is 15.6. The summed E-state index contributed by atoms with van der Waals surface area (Å²) in [6.45, 7) is 1.70. The summed E-state index contributed by atoms with van der Waals surface area (Å²) >= 11 is 1.54. The lowest BCUT2D eigenvalue weighted by molar-refractivity contribution is -0.385. The SMILES string of the molecule is COc1cc(C(=O)N2CSCC2OC)c([N+](=O)[O-])cc1C. The number of nitro benzene ring substituents is 1. The standard InChI is InChI=1S/C13H16N2O5S/c1-8-4-10(15(17)18)9(5-11(8)19-2)13(16)14-7-21-6-12(14)20-3/h4-5,12H,6-7H2,1-3H3. The van der Waals surface area contributed by atoms with Gasteiger partial charge in [0, 0.05) is 25.0 Å². The van der Waals surface area contributed by atoms with Gasteiger partial charge in [-0.1, -0.05) is 0 Å². The Labute approximate surface area is 126 Å². The molecule has 7 nitrogen and oxygen atoms in total. The first-order valence-corrected chi connectivity index (χ1v) is 7.39. The van der Waals surface area contributed by atoms with Crippen LogP contribution in [0.5, 0.6) is 5.75 Å². The van der Waals surface area contributed by atoms with Crippen LogP contribution in [0.3, 0.4) is 0 Å². The minimum atomic E-state index is -0.551. The monoisotopic (exact) mass is 312 g/mol. The predicted molar refractivity (Wildman–Crippen MR) is 78.7 cm³/mol. The molecule has 1 aliphatic rings. The number of benzene rings is 1. The summed E-state index contributed by atoms with van der Waals surface area (Å²) in [5, 5.41) is 11.2. The number of hydrogen-bond donors (Lipinski definition) is 0. The summed E-state index contributed by atoms with van der Waals surface area (Å²) in [5.74, 6) is 1.13. The molecule has 0 N–H and O–H groups in total. The van der Waals surface area contributed by atoms with Gasteiger partial charge in [-0.25, -0.2) is 0 Å². The first-order valence-electron chi connectivity index (χ1n) is 6.24. The highest BCUT2D eigenvalue weighted by atomic mass is 32.2. The van der Waals surface area contributed by atoms with Gasteiger partial charge in [0.2, 0.25) is 0 Å². The van der Waals surface area contributed by atoms with Gasteiger partial charge in [0.15, 0.2) is 0 Å². The number of carbonyl (C=O) groups is 1. The fourth-order valence-corrected chi connectivity index (χ4v) is 3.28. The zero-order valence-electron chi connectivity index (χ0n) is 12.0. The molecule has 2 rings (SSSR count). The van der Waals surface area contributed by atoms with Crippen molar-refractivity contribution in [3.05, 3.63) is 33.4 Å². The number of hydrogen-bond acceptors (Lipinski definition) is 6. The molecule has 21 heavy (non-hydrogen) atoms. The van der Waals surface area contributed by atoms with Crippen molar-refractivity contribution in [1.29, 1.82) is 0 Å². The quantitative estimate of drug-likeness (QED) is 0.625. The molecule has 1 saturated heterocycles. The summed E-state index contributed by atoms with van der Waals surface area (Å²) in [6.07, 6.45) is -0.366. The molecule has 0 aromatic heterocycles. The first kappa shape index (κ1) is 15.6. The van der Waals surface area contributed by atoms with Crippen molar-refractivity contribution in [2.75, 3.05) is 25.8 Å². The molecular weight excluding hydrogens is 296 g/mol. The molecule has 1 unspecified atom stereocenters. The second-order valence-corrected chi connectivity index (χ2v) is 5.56. The van der Waals surface area contributed by atoms with Gasteiger partial charge in [-0.2, -0.15) is 0 Å². The van der Waals surface area contributed by atoms with E-state index in [2.05, 4.69) is 0 Å². The van der Waals surface area contributed by atoms with E-state index < -0.39 is 10.8 Å². The highest BCUT2D eigenvalue weighted by Crippen LogP contribution is 2.31. The van der Waals surface area contributed by atoms with Crippen molar-refractivity contribution in [2.45, 2.75) is 13.2 Å². The van der Waals surface area contributed by atoms with Gasteiger partial charge in [-0.05, 0) is 12.5 Å². The number of methoxy groups -OCH3 is 2. The molecule has 8 heteroatoms. The fraction of sp³-hybridized carbons (Fsp3) is 0.462. The third kappa shape index (κ3) is 2.96. The summed E-state index contributed by atoms with van der Waals surface area (Å²) in [7, 11) is 2.98. The Bertz CT molecular complexity index is 578. The van der Waals surface area contributed by atoms with E-state index in [-0.39, 0.29) is 17.5 Å². The maximum Gasteiger partial charge on any atom is 0.282 e. The molecule has 1 aliphatic heterocycles. The number of rotatable bonds is 4. The van der Waals surface area contributed by atoms with Gasteiger partial charge in [0.05, 0.1) is 17.9 Å². The molecule has 0 spiro atoms. The fourth-order valence-electron chi connectivity index (χ4n) is 2.18. The minimum Gasteiger partial charge on any atom is -0.496 e. The minimum absolute atomic E-state index is 0.0204. The molecule has 0 saturated carbocycles. The van der Waals surface area contributed by atoms with Gasteiger partial charge in [0.1, 0.15) is 17.5 Å². The van der Waals surface area contributed by atoms with Crippen molar-refractivity contribution >= 4 is 23.4 Å². The zero-order valence-corrected chi connectivity index (χ0v) is 12.8. The first-order chi connectivity index (χ1) is 9.99. The highest BCUT2D eigenvalue weighted by Gasteiger charge is 2.34. The molecular formula is C13H16N2O5S. The van der Waals surface area contributed by atoms with Crippen LogP contribution in [0.25, 0.3) is 0 Å². The molecule has 1 aromatic rings. The van der Waals surface area contributed by atoms with Gasteiger partial charge < -0.3 is 14.4 Å². The number of carbonyl (C=O) groups excluding carboxylic acids is 1. The number of ether oxygens (including phenoxy) is 2. The number of aryl methyl sites for hydroxylation is 1. The van der Waals surface area contributed by atoms with Gasteiger partial charge in [0.25, 0.3) is 11.6 Å². The topological polar surface area (TPSA) is 81.9 Å². The number of thioether (sulfide) groups is 1. The maximum atomic E-state index is 12.6. The smallest absolute Gasteiger partial charge is 0.282 e. The molecule has 114 valence electrons. The summed E-state index contributed by atoms with van der Waals surface area (Å²) in [4.78, 5) is 24.7. The highest BCUT2D eigenvalue weighted by molar-refractivity contribution is 7.99. The van der Waals surface area contributed by atoms with E-state index in [1.54, 1.807) is 18.7 Å². The molecule has 0 radical (unpaired) electrons. The van der Waals surface area contributed by atoms with E-state index in [0.717, 1.165) is 0 Å². The lowest BCUT2D eigenvalue weighted by Gasteiger charge is -2.22. The second-order valence-electron chi connectivity index (χ2n) is 4.56. The largest absolute Gasteiger partial charge is 0.496 e. The Morgan fingerprint density at radius 1 is 1.48 bits per heavy atom. The van der Waals surface area contributed by atoms with Crippen molar-refractivity contribution in [3.63, 3.8) is 0 Å². The van der Waals surface area contributed by atoms with Crippen molar-refractivity contribution in [3.8, 4) is 5.75 Å². The van der Waals surface area contributed by atoms with Crippen LogP contribution >= 0.6 is 11.8 Å². The summed E-state index contributed by atoms with van der Waals surface area (Å²) in [6, 6.07) is 2.78. The molecule has 1 aromatic carbocycles. The van der Waals surface area contributed by atoms with E-state index in [9.17, 15) is 14.9 Å². The Kier molecular flexibility index (Phi) is 4.69. The molecule has 1 atom stereocenters. The van der Waals surface area contributed by atoms with Crippen molar-refractivity contribution in [2.24, 2.45) is 0 Å². The van der Waals surface area contributed by atoms with Crippen LogP contribution in [-0.2, 0) is 4.74 Å². The van der Waals surface area contributed by atoms with Crippen LogP contribution < -0.4 is 4.74 Å². The van der Waals surface area contributed by atoms with Crippen LogP contribution in [0.15, 0.2) is 12.1 Å². The lowest BCUT2D eigenvalue weighted by atomic mass is 10.1. The molecule has 1 amide bonds. The maximum absolute atomic E-state index is 12.6. The van der Waals surface area contributed by atoms with Crippen molar-refractivity contribution < 1.29 is 19.2 Å². The summed E-state index contributed by atoms with van der Waals surface area (Å²) in [5.41, 5.74) is 0.414. The van der Waals surface area contributed by atoms with Gasteiger partial charge >= 0.3 is 0 Å². The Hall–Kier alpha value is -1.80. The van der Waals surface area contributed by atoms with E-state index in [0.29, 0.717) is 22.9 Å². The van der Waals surface area contributed by atoms with Crippen LogP contribution in [0.4, 0.5) is 5.69 Å². The molecule has 1 heterocycles. The second kappa shape index (κ2) is 6.31. The van der Waals surface area contributed by atoms with E-state index in [4.69, 9.17) is 9.47 Å². The third-order valence-corrected chi connectivity index (χ3v) is 4.29.